The number of nitriles is 1. The highest BCUT2D eigenvalue weighted by Crippen LogP contribution is 2.49. The maximum Gasteiger partial charge on any atom is 0.465 e. The first kappa shape index (κ1) is 32.1. The van der Waals surface area contributed by atoms with E-state index in [9.17, 15) is 0 Å². The van der Waals surface area contributed by atoms with E-state index in [1.54, 1.807) is 12.1 Å². The van der Waals surface area contributed by atoms with Crippen molar-refractivity contribution in [1.82, 2.24) is 5.06 Å². The standard InChI is InChI=1S/C18H24BrN3O3.C14H20BNO2/c1-17(2)9-11(6-7-23-17)15-10-18(21-16(20)22(3)25-18)13-8-12(19)4-5-14(13)24-15;1-10-6-7-11(9-16)8-12(10)15-17-13(2,3)14(4,5)18-15/h4-5,8,11,15H,6-7,9-10H2,1-3H3,(H2,20,21);6-8,10,12H,1-5H3. The molecule has 0 saturated carbocycles. The van der Waals surface area contributed by atoms with E-state index in [0.29, 0.717) is 29.8 Å². The van der Waals surface area contributed by atoms with Gasteiger partial charge in [0.15, 0.2) is 0 Å². The average molecular weight is 655 g/mol. The third kappa shape index (κ3) is 6.41. The summed E-state index contributed by atoms with van der Waals surface area (Å²) in [4.78, 5) is 10.8. The van der Waals surface area contributed by atoms with Crippen molar-refractivity contribution >= 4 is 29.0 Å². The molecule has 6 rings (SSSR count). The smallest absolute Gasteiger partial charge is 0.465 e. The topological polar surface area (TPSA) is 112 Å². The zero-order valence-corrected chi connectivity index (χ0v) is 28.1. The second-order valence-corrected chi connectivity index (χ2v) is 14.8. The minimum absolute atomic E-state index is 0.0138. The van der Waals surface area contributed by atoms with Gasteiger partial charge in [0.05, 0.1) is 28.4 Å². The zero-order chi connectivity index (χ0) is 31.4. The summed E-state index contributed by atoms with van der Waals surface area (Å²) in [6.45, 7) is 15.3. The summed E-state index contributed by atoms with van der Waals surface area (Å²) >= 11 is 3.54. The summed E-state index contributed by atoms with van der Waals surface area (Å²) in [5.41, 5.74) is 6.04. The van der Waals surface area contributed by atoms with Crippen molar-refractivity contribution in [3.63, 3.8) is 0 Å². The van der Waals surface area contributed by atoms with Gasteiger partial charge in [0.2, 0.25) is 11.7 Å². The van der Waals surface area contributed by atoms with Crippen LogP contribution in [0.4, 0.5) is 0 Å². The number of hydroxylamine groups is 2. The molecule has 0 amide bonds. The molecule has 5 aliphatic rings. The second kappa shape index (κ2) is 11.5. The normalized spacial score (nSPS) is 33.5. The number of nitrogens with two attached hydrogens (primary N) is 1. The number of aliphatic imine (C=N–C) groups is 1. The van der Waals surface area contributed by atoms with Crippen LogP contribution >= 0.6 is 15.9 Å². The number of guanidine groups is 1. The summed E-state index contributed by atoms with van der Waals surface area (Å²) in [7, 11) is 1.51. The molecule has 9 nitrogen and oxygen atoms in total. The third-order valence-corrected chi connectivity index (χ3v) is 10.1. The molecule has 43 heavy (non-hydrogen) atoms. The second-order valence-electron chi connectivity index (χ2n) is 13.9. The van der Waals surface area contributed by atoms with Gasteiger partial charge in [-0.2, -0.15) is 5.26 Å². The average Bonchev–Trinajstić information content (AvgIpc) is 3.33. The lowest BCUT2D eigenvalue weighted by molar-refractivity contribution is -0.199. The van der Waals surface area contributed by atoms with Crippen molar-refractivity contribution in [2.24, 2.45) is 22.6 Å². The summed E-state index contributed by atoms with van der Waals surface area (Å²) in [6.07, 6.45) is 8.47. The predicted molar refractivity (Wildman–Crippen MR) is 170 cm³/mol. The van der Waals surface area contributed by atoms with Crippen LogP contribution in [-0.2, 0) is 24.6 Å². The predicted octanol–water partition coefficient (Wildman–Crippen LogP) is 6.25. The van der Waals surface area contributed by atoms with Crippen molar-refractivity contribution in [3.8, 4) is 11.8 Å². The monoisotopic (exact) mass is 654 g/mol. The molecular weight excluding hydrogens is 611 g/mol. The van der Waals surface area contributed by atoms with Gasteiger partial charge in [-0.25, -0.2) is 14.9 Å². The molecule has 4 heterocycles. The van der Waals surface area contributed by atoms with E-state index in [1.165, 1.54) is 0 Å². The van der Waals surface area contributed by atoms with Gasteiger partial charge in [0.25, 0.3) is 0 Å². The van der Waals surface area contributed by atoms with Gasteiger partial charge in [0, 0.05) is 41.9 Å². The molecule has 1 aliphatic carbocycles. The molecule has 1 aromatic rings. The summed E-state index contributed by atoms with van der Waals surface area (Å²) < 4.78 is 25.3. The van der Waals surface area contributed by atoms with Gasteiger partial charge in [-0.05, 0) is 84.6 Å². The van der Waals surface area contributed by atoms with Crippen molar-refractivity contribution in [2.75, 3.05) is 13.7 Å². The van der Waals surface area contributed by atoms with Crippen LogP contribution in [0.3, 0.4) is 0 Å². The molecule has 2 fully saturated rings. The Bertz CT molecular complexity index is 1360. The lowest BCUT2D eigenvalue weighted by atomic mass is 9.63. The molecular formula is C32H44BBrN4O5. The molecule has 5 atom stereocenters. The van der Waals surface area contributed by atoms with Crippen LogP contribution in [-0.4, -0.2) is 54.7 Å². The molecule has 5 unspecified atom stereocenters. The van der Waals surface area contributed by atoms with Gasteiger partial charge in [-0.1, -0.05) is 35.0 Å². The van der Waals surface area contributed by atoms with Crippen LogP contribution in [0.1, 0.15) is 73.3 Å². The maximum atomic E-state index is 8.99. The fourth-order valence-electron chi connectivity index (χ4n) is 6.34. The van der Waals surface area contributed by atoms with Gasteiger partial charge < -0.3 is 24.5 Å². The van der Waals surface area contributed by atoms with E-state index in [1.807, 2.05) is 64.1 Å². The molecule has 11 heteroatoms. The summed E-state index contributed by atoms with van der Waals surface area (Å²) in [6, 6.07) is 8.15. The van der Waals surface area contributed by atoms with E-state index in [2.05, 4.69) is 42.8 Å². The maximum absolute atomic E-state index is 8.99. The lowest BCUT2D eigenvalue weighted by Gasteiger charge is -2.44. The first-order valence-electron chi connectivity index (χ1n) is 15.1. The van der Waals surface area contributed by atoms with E-state index >= 15 is 0 Å². The Morgan fingerprint density at radius 2 is 1.81 bits per heavy atom. The van der Waals surface area contributed by atoms with E-state index in [-0.39, 0.29) is 35.8 Å². The van der Waals surface area contributed by atoms with E-state index in [0.717, 1.165) is 35.2 Å². The Kier molecular flexibility index (Phi) is 8.60. The van der Waals surface area contributed by atoms with Crippen LogP contribution in [0.25, 0.3) is 0 Å². The van der Waals surface area contributed by atoms with Gasteiger partial charge in [0.1, 0.15) is 11.9 Å². The Labute approximate surface area is 264 Å². The highest BCUT2D eigenvalue weighted by atomic mass is 79.9. The number of halogens is 1. The molecule has 4 aliphatic heterocycles. The highest BCUT2D eigenvalue weighted by molar-refractivity contribution is 9.10. The fourth-order valence-corrected chi connectivity index (χ4v) is 6.70. The van der Waals surface area contributed by atoms with Gasteiger partial charge >= 0.3 is 7.12 Å². The largest absolute Gasteiger partial charge is 0.489 e. The lowest BCUT2D eigenvalue weighted by Crippen LogP contribution is -2.46. The molecule has 1 aromatic carbocycles. The molecule has 0 radical (unpaired) electrons. The van der Waals surface area contributed by atoms with E-state index in [4.69, 9.17) is 39.6 Å². The van der Waals surface area contributed by atoms with Crippen molar-refractivity contribution in [1.29, 1.82) is 5.26 Å². The number of hydrogen-bond acceptors (Lipinski definition) is 9. The van der Waals surface area contributed by atoms with Crippen LogP contribution in [0.5, 0.6) is 5.75 Å². The molecule has 2 saturated heterocycles. The van der Waals surface area contributed by atoms with Crippen LogP contribution in [0.2, 0.25) is 5.82 Å². The molecule has 0 bridgehead atoms. The number of nitrogens with zero attached hydrogens (tertiary/aromatic N) is 3. The Balaban J connectivity index is 0.000000181. The first-order valence-corrected chi connectivity index (χ1v) is 15.9. The highest BCUT2D eigenvalue weighted by Gasteiger charge is 2.54. The number of hydrogen-bond donors (Lipinski definition) is 1. The van der Waals surface area contributed by atoms with Gasteiger partial charge in [-0.3, -0.25) is 0 Å². The fraction of sp³-hybridized carbons (Fsp3) is 0.625. The number of ether oxygens (including phenoxy) is 2. The molecule has 2 N–H and O–H groups in total. The third-order valence-electron chi connectivity index (χ3n) is 9.56. The van der Waals surface area contributed by atoms with Gasteiger partial charge in [-0.15, -0.1) is 0 Å². The quantitative estimate of drug-likeness (QED) is 0.372. The summed E-state index contributed by atoms with van der Waals surface area (Å²) in [5, 5.41) is 10.5. The van der Waals surface area contributed by atoms with E-state index < -0.39 is 5.72 Å². The Morgan fingerprint density at radius 1 is 1.12 bits per heavy atom. The first-order chi connectivity index (χ1) is 20.0. The van der Waals surface area contributed by atoms with Crippen molar-refractivity contribution < 1.29 is 23.6 Å². The SMILES string of the molecule is CC1C=CC(C#N)=CC1B1OC(C)(C)C(C)(C)O1.CN1OC2(CC(C3CCOC(C)(C)C3)Oc3ccc(Br)cc32)N=C1N. The Morgan fingerprint density at radius 3 is 2.42 bits per heavy atom. The summed E-state index contributed by atoms with van der Waals surface area (Å²) in [5.74, 6) is 2.01. The minimum atomic E-state index is -0.816. The Hall–Kier alpha value is -2.36. The number of rotatable bonds is 2. The van der Waals surface area contributed by atoms with Crippen molar-refractivity contribution in [3.05, 3.63) is 52.0 Å². The number of allylic oxidation sites excluding steroid dienone is 4. The van der Waals surface area contributed by atoms with Crippen molar-refractivity contribution in [2.45, 2.75) is 102 Å². The molecule has 232 valence electrons. The number of benzene rings is 1. The number of fused-ring (bicyclic) bond motifs is 2. The zero-order valence-electron chi connectivity index (χ0n) is 26.5. The van der Waals surface area contributed by atoms with Crippen LogP contribution in [0, 0.1) is 23.2 Å². The minimum Gasteiger partial charge on any atom is -0.489 e. The van der Waals surface area contributed by atoms with Crippen LogP contribution < -0.4 is 10.5 Å². The van der Waals surface area contributed by atoms with Crippen LogP contribution in [0.15, 0.2) is 51.5 Å². The molecule has 0 aromatic heterocycles. The molecule has 1 spiro atoms.